The van der Waals surface area contributed by atoms with Gasteiger partial charge >= 0.3 is 6.09 Å². The second kappa shape index (κ2) is 11.8. The van der Waals surface area contributed by atoms with Crippen LogP contribution in [-0.4, -0.2) is 61.0 Å². The summed E-state index contributed by atoms with van der Waals surface area (Å²) in [4.78, 5) is 35.0. The average Bonchev–Trinajstić information content (AvgIpc) is 3.66. The van der Waals surface area contributed by atoms with Gasteiger partial charge in [0.15, 0.2) is 11.5 Å². The minimum absolute atomic E-state index is 0.0395. The Kier molecular flexibility index (Phi) is 8.05. The Bertz CT molecular complexity index is 1550. The lowest BCUT2D eigenvalue weighted by atomic mass is 10.1. The number of rotatable bonds is 10. The lowest BCUT2D eigenvalue weighted by molar-refractivity contribution is 0.0950. The standard InChI is InChI=1S/C32H36N6O3/c1-32(2,3)38(31(40)41)19-9-5-8-18-33-28-29-34-20-27(37(29)21-26(36-28)22-10-6-4-7-11-22)23-12-14-24(15-13-23)30(39)35-25-16-17-25/h4-7,9-15,20-21,25H,8,16-19H2,1-3H3,(H,33,36)(H,35,39)(H,40,41)/b9-5+. The van der Waals surface area contributed by atoms with E-state index in [2.05, 4.69) is 15.6 Å². The Balaban J connectivity index is 1.36. The monoisotopic (exact) mass is 552 g/mol. The summed E-state index contributed by atoms with van der Waals surface area (Å²) >= 11 is 0. The fourth-order valence-corrected chi connectivity index (χ4v) is 4.57. The Morgan fingerprint density at radius 2 is 1.78 bits per heavy atom. The number of nitrogens with zero attached hydrogens (tertiary/aromatic N) is 4. The molecule has 5 rings (SSSR count). The molecule has 2 amide bonds. The maximum absolute atomic E-state index is 12.4. The highest BCUT2D eigenvalue weighted by atomic mass is 16.4. The van der Waals surface area contributed by atoms with E-state index in [1.807, 2.05) is 104 Å². The van der Waals surface area contributed by atoms with Crippen molar-refractivity contribution < 1.29 is 14.7 Å². The van der Waals surface area contributed by atoms with Gasteiger partial charge in [-0.2, -0.15) is 0 Å². The molecular formula is C32H36N6O3. The predicted molar refractivity (Wildman–Crippen MR) is 161 cm³/mol. The van der Waals surface area contributed by atoms with Gasteiger partial charge in [0.25, 0.3) is 5.91 Å². The molecule has 0 radical (unpaired) electrons. The number of hydrogen-bond acceptors (Lipinski definition) is 5. The molecule has 1 fully saturated rings. The van der Waals surface area contributed by atoms with E-state index in [0.29, 0.717) is 42.6 Å². The molecule has 0 unspecified atom stereocenters. The number of anilines is 1. The first-order valence-electron chi connectivity index (χ1n) is 13.9. The molecule has 3 N–H and O–H groups in total. The van der Waals surface area contributed by atoms with Crippen LogP contribution < -0.4 is 10.6 Å². The maximum atomic E-state index is 12.4. The fraction of sp³-hybridized carbons (Fsp3) is 0.312. The Morgan fingerprint density at radius 3 is 2.44 bits per heavy atom. The van der Waals surface area contributed by atoms with Gasteiger partial charge in [-0.1, -0.05) is 54.6 Å². The summed E-state index contributed by atoms with van der Waals surface area (Å²) < 4.78 is 2.03. The maximum Gasteiger partial charge on any atom is 0.408 e. The topological polar surface area (TPSA) is 112 Å². The van der Waals surface area contributed by atoms with Crippen molar-refractivity contribution in [1.82, 2.24) is 24.6 Å². The Morgan fingerprint density at radius 1 is 1.05 bits per heavy atom. The first-order valence-corrected chi connectivity index (χ1v) is 13.9. The lowest BCUT2D eigenvalue weighted by Gasteiger charge is -2.32. The van der Waals surface area contributed by atoms with Crippen LogP contribution in [0.4, 0.5) is 10.6 Å². The van der Waals surface area contributed by atoms with E-state index in [-0.39, 0.29) is 5.91 Å². The van der Waals surface area contributed by atoms with Crippen molar-refractivity contribution >= 4 is 23.5 Å². The number of aromatic nitrogens is 3. The molecule has 0 atom stereocenters. The number of benzene rings is 2. The highest BCUT2D eigenvalue weighted by Gasteiger charge is 2.25. The van der Waals surface area contributed by atoms with Crippen molar-refractivity contribution in [2.24, 2.45) is 0 Å². The van der Waals surface area contributed by atoms with Crippen molar-refractivity contribution in [3.8, 4) is 22.5 Å². The molecule has 0 aliphatic heterocycles. The zero-order valence-electron chi connectivity index (χ0n) is 23.7. The van der Waals surface area contributed by atoms with Gasteiger partial charge in [0.05, 0.1) is 17.6 Å². The van der Waals surface area contributed by atoms with Crippen LogP contribution in [0.5, 0.6) is 0 Å². The van der Waals surface area contributed by atoms with Crippen LogP contribution >= 0.6 is 0 Å². The minimum atomic E-state index is -0.934. The first-order chi connectivity index (χ1) is 19.7. The van der Waals surface area contributed by atoms with E-state index in [9.17, 15) is 14.7 Å². The predicted octanol–water partition coefficient (Wildman–Crippen LogP) is 6.09. The normalized spacial score (nSPS) is 13.4. The number of nitrogens with one attached hydrogen (secondary N) is 2. The number of carbonyl (C=O) groups is 2. The SMILES string of the molecule is CC(C)(C)N(C/C=C/CCNc1nc(-c2ccccc2)cn2c(-c3ccc(C(=O)NC4CC4)cc3)cnc12)C(=O)O. The number of carbonyl (C=O) groups excluding carboxylic acids is 1. The second-order valence-corrected chi connectivity index (χ2v) is 11.3. The van der Waals surface area contributed by atoms with Crippen molar-refractivity contribution in [3.05, 3.63) is 84.7 Å². The van der Waals surface area contributed by atoms with Gasteiger partial charge < -0.3 is 15.7 Å². The Labute approximate surface area is 239 Å². The smallest absolute Gasteiger partial charge is 0.408 e. The van der Waals surface area contributed by atoms with Crippen LogP contribution in [-0.2, 0) is 0 Å². The molecular weight excluding hydrogens is 516 g/mol. The van der Waals surface area contributed by atoms with Gasteiger partial charge in [-0.25, -0.2) is 14.8 Å². The van der Waals surface area contributed by atoms with Gasteiger partial charge in [0.2, 0.25) is 0 Å². The molecule has 9 heteroatoms. The second-order valence-electron chi connectivity index (χ2n) is 11.3. The molecule has 41 heavy (non-hydrogen) atoms. The van der Waals surface area contributed by atoms with Gasteiger partial charge in [0, 0.05) is 47.6 Å². The third kappa shape index (κ3) is 6.74. The van der Waals surface area contributed by atoms with E-state index < -0.39 is 11.6 Å². The zero-order valence-corrected chi connectivity index (χ0v) is 23.7. The number of amides is 2. The van der Waals surface area contributed by atoms with Crippen LogP contribution in [0, 0.1) is 0 Å². The van der Waals surface area contributed by atoms with Crippen molar-refractivity contribution in [3.63, 3.8) is 0 Å². The van der Waals surface area contributed by atoms with E-state index in [0.717, 1.165) is 35.4 Å². The molecule has 0 bridgehead atoms. The molecule has 0 spiro atoms. The van der Waals surface area contributed by atoms with Crippen LogP contribution in [0.1, 0.15) is 50.4 Å². The molecule has 1 aliphatic carbocycles. The minimum Gasteiger partial charge on any atom is -0.465 e. The van der Waals surface area contributed by atoms with Crippen molar-refractivity contribution in [1.29, 1.82) is 0 Å². The number of carboxylic acid groups (broad SMARTS) is 1. The van der Waals surface area contributed by atoms with E-state index >= 15 is 0 Å². The molecule has 212 valence electrons. The van der Waals surface area contributed by atoms with Crippen LogP contribution in [0.3, 0.4) is 0 Å². The van der Waals surface area contributed by atoms with Gasteiger partial charge in [-0.05, 0) is 52.2 Å². The highest BCUT2D eigenvalue weighted by molar-refractivity contribution is 5.95. The van der Waals surface area contributed by atoms with Crippen LogP contribution in [0.15, 0.2) is 79.1 Å². The van der Waals surface area contributed by atoms with E-state index in [4.69, 9.17) is 4.98 Å². The zero-order chi connectivity index (χ0) is 29.0. The molecule has 1 saturated carbocycles. The summed E-state index contributed by atoms with van der Waals surface area (Å²) in [7, 11) is 0. The number of imidazole rings is 1. The quantitative estimate of drug-likeness (QED) is 0.162. The largest absolute Gasteiger partial charge is 0.465 e. The average molecular weight is 553 g/mol. The molecule has 1 aliphatic rings. The number of hydrogen-bond donors (Lipinski definition) is 3. The van der Waals surface area contributed by atoms with E-state index in [1.54, 1.807) is 0 Å². The molecule has 4 aromatic rings. The Hall–Kier alpha value is -4.66. The number of fused-ring (bicyclic) bond motifs is 1. The highest BCUT2D eigenvalue weighted by Crippen LogP contribution is 2.28. The van der Waals surface area contributed by atoms with Crippen LogP contribution in [0.25, 0.3) is 28.2 Å². The molecule has 2 aromatic heterocycles. The van der Waals surface area contributed by atoms with Crippen molar-refractivity contribution in [2.75, 3.05) is 18.4 Å². The third-order valence-electron chi connectivity index (χ3n) is 7.02. The first kappa shape index (κ1) is 27.9. The van der Waals surface area contributed by atoms with Crippen molar-refractivity contribution in [2.45, 2.75) is 51.6 Å². The summed E-state index contributed by atoms with van der Waals surface area (Å²) in [6.07, 6.45) is 9.53. The summed E-state index contributed by atoms with van der Waals surface area (Å²) in [5.41, 5.74) is 4.51. The summed E-state index contributed by atoms with van der Waals surface area (Å²) in [6.45, 7) is 6.58. The molecule has 9 nitrogen and oxygen atoms in total. The van der Waals surface area contributed by atoms with Gasteiger partial charge in [0.1, 0.15) is 0 Å². The lowest BCUT2D eigenvalue weighted by Crippen LogP contribution is -2.44. The summed E-state index contributed by atoms with van der Waals surface area (Å²) in [5, 5.41) is 15.9. The van der Waals surface area contributed by atoms with Crippen LogP contribution in [0.2, 0.25) is 0 Å². The molecule has 2 heterocycles. The fourth-order valence-electron chi connectivity index (χ4n) is 4.57. The summed E-state index contributed by atoms with van der Waals surface area (Å²) in [5.74, 6) is 0.621. The van der Waals surface area contributed by atoms with E-state index in [1.165, 1.54) is 4.90 Å². The summed E-state index contributed by atoms with van der Waals surface area (Å²) in [6, 6.07) is 17.9. The molecule has 2 aromatic carbocycles. The third-order valence-corrected chi connectivity index (χ3v) is 7.02. The van der Waals surface area contributed by atoms with Gasteiger partial charge in [-0.15, -0.1) is 0 Å². The molecule has 0 saturated heterocycles. The van der Waals surface area contributed by atoms with Gasteiger partial charge in [-0.3, -0.25) is 14.1 Å².